The standard InChI is InChI=1S/C22H29N3O3/c1-22(2,3)28-21(27)24-19-12-10-18(11-13-19)20(26)23-14-16-6-8-17(9-7-16)15-25(4)5/h6-13H,14-15H2,1-5H3,(H,23,26)(H,24,27)/p+1. The van der Waals surface area contributed by atoms with Crippen molar-refractivity contribution in [3.05, 3.63) is 65.2 Å². The fraction of sp³-hybridized carbons (Fsp3) is 0.364. The van der Waals surface area contributed by atoms with Crippen LogP contribution in [-0.4, -0.2) is 31.7 Å². The summed E-state index contributed by atoms with van der Waals surface area (Å²) in [6.07, 6.45) is -0.524. The van der Waals surface area contributed by atoms with Crippen LogP contribution in [0.1, 0.15) is 42.3 Å². The summed E-state index contributed by atoms with van der Waals surface area (Å²) in [6, 6.07) is 14.9. The topological polar surface area (TPSA) is 71.9 Å². The lowest BCUT2D eigenvalue weighted by Crippen LogP contribution is -3.04. The molecule has 0 heterocycles. The predicted molar refractivity (Wildman–Crippen MR) is 110 cm³/mol. The van der Waals surface area contributed by atoms with Gasteiger partial charge in [-0.1, -0.05) is 24.3 Å². The maximum atomic E-state index is 12.3. The van der Waals surface area contributed by atoms with Crippen LogP contribution in [0.3, 0.4) is 0 Å². The van der Waals surface area contributed by atoms with E-state index in [0.717, 1.165) is 12.1 Å². The monoisotopic (exact) mass is 384 g/mol. The van der Waals surface area contributed by atoms with Crippen LogP contribution < -0.4 is 15.5 Å². The average molecular weight is 385 g/mol. The number of hydrogen-bond acceptors (Lipinski definition) is 3. The molecular weight excluding hydrogens is 354 g/mol. The minimum absolute atomic E-state index is 0.161. The number of rotatable bonds is 6. The van der Waals surface area contributed by atoms with Gasteiger partial charge in [0.1, 0.15) is 12.1 Å². The molecule has 2 amide bonds. The largest absolute Gasteiger partial charge is 0.444 e. The van der Waals surface area contributed by atoms with Gasteiger partial charge in [-0.05, 0) is 50.6 Å². The average Bonchev–Trinajstić information content (AvgIpc) is 2.59. The van der Waals surface area contributed by atoms with Crippen molar-refractivity contribution in [1.29, 1.82) is 0 Å². The quantitative estimate of drug-likeness (QED) is 0.717. The van der Waals surface area contributed by atoms with Gasteiger partial charge < -0.3 is 15.0 Å². The molecule has 0 saturated carbocycles. The zero-order valence-corrected chi connectivity index (χ0v) is 17.3. The summed E-state index contributed by atoms with van der Waals surface area (Å²) in [5.41, 5.74) is 2.86. The molecule has 0 aliphatic heterocycles. The summed E-state index contributed by atoms with van der Waals surface area (Å²) >= 11 is 0. The van der Waals surface area contributed by atoms with Crippen molar-refractivity contribution in [1.82, 2.24) is 5.32 Å². The smallest absolute Gasteiger partial charge is 0.412 e. The van der Waals surface area contributed by atoms with E-state index in [1.54, 1.807) is 45.0 Å². The van der Waals surface area contributed by atoms with Gasteiger partial charge in [-0.15, -0.1) is 0 Å². The number of amides is 2. The molecule has 150 valence electrons. The fourth-order valence-corrected chi connectivity index (χ4v) is 2.59. The lowest BCUT2D eigenvalue weighted by Gasteiger charge is -2.19. The Bertz CT molecular complexity index is 791. The van der Waals surface area contributed by atoms with Gasteiger partial charge in [0.2, 0.25) is 0 Å². The highest BCUT2D eigenvalue weighted by atomic mass is 16.6. The molecule has 2 rings (SSSR count). The van der Waals surface area contributed by atoms with E-state index < -0.39 is 11.7 Å². The molecule has 2 aromatic carbocycles. The van der Waals surface area contributed by atoms with Crippen LogP contribution in [0.2, 0.25) is 0 Å². The molecule has 0 aliphatic carbocycles. The molecule has 0 aliphatic rings. The first kappa shape index (κ1) is 21.4. The second kappa shape index (κ2) is 9.37. The number of ether oxygens (including phenoxy) is 1. The van der Waals surface area contributed by atoms with Crippen molar-refractivity contribution in [2.75, 3.05) is 19.4 Å². The molecule has 0 aromatic heterocycles. The first-order chi connectivity index (χ1) is 13.1. The molecule has 0 fully saturated rings. The van der Waals surface area contributed by atoms with Crippen molar-refractivity contribution in [2.24, 2.45) is 0 Å². The Labute approximate surface area is 166 Å². The molecule has 2 aromatic rings. The number of quaternary nitrogens is 1. The molecule has 0 saturated heterocycles. The fourth-order valence-electron chi connectivity index (χ4n) is 2.59. The summed E-state index contributed by atoms with van der Waals surface area (Å²) in [4.78, 5) is 25.5. The summed E-state index contributed by atoms with van der Waals surface area (Å²) in [6.45, 7) is 6.84. The molecule has 0 bridgehead atoms. The van der Waals surface area contributed by atoms with Crippen molar-refractivity contribution in [2.45, 2.75) is 39.5 Å². The Hall–Kier alpha value is -2.86. The Balaban J connectivity index is 1.86. The number of nitrogens with one attached hydrogen (secondary N) is 3. The summed E-state index contributed by atoms with van der Waals surface area (Å²) in [5.74, 6) is -0.161. The highest BCUT2D eigenvalue weighted by Crippen LogP contribution is 2.13. The molecular formula is C22H30N3O3+. The molecule has 0 unspecified atom stereocenters. The number of carbonyl (C=O) groups is 2. The lowest BCUT2D eigenvalue weighted by molar-refractivity contribution is -0.872. The Morgan fingerprint density at radius 1 is 0.929 bits per heavy atom. The van der Waals surface area contributed by atoms with E-state index in [9.17, 15) is 9.59 Å². The minimum atomic E-state index is -0.560. The van der Waals surface area contributed by atoms with E-state index in [-0.39, 0.29) is 5.91 Å². The predicted octanol–water partition coefficient (Wildman–Crippen LogP) is 2.61. The van der Waals surface area contributed by atoms with Crippen molar-refractivity contribution in [3.8, 4) is 0 Å². The molecule has 28 heavy (non-hydrogen) atoms. The minimum Gasteiger partial charge on any atom is -0.444 e. The Kier molecular flexibility index (Phi) is 7.18. The van der Waals surface area contributed by atoms with Crippen LogP contribution >= 0.6 is 0 Å². The van der Waals surface area contributed by atoms with Gasteiger partial charge in [0.15, 0.2) is 0 Å². The molecule has 6 heteroatoms. The van der Waals surface area contributed by atoms with Crippen LogP contribution in [0.15, 0.2) is 48.5 Å². The zero-order valence-electron chi connectivity index (χ0n) is 17.3. The third kappa shape index (κ3) is 7.40. The maximum absolute atomic E-state index is 12.3. The van der Waals surface area contributed by atoms with Crippen LogP contribution in [0, 0.1) is 0 Å². The third-order valence-electron chi connectivity index (χ3n) is 3.83. The van der Waals surface area contributed by atoms with Crippen molar-refractivity contribution in [3.63, 3.8) is 0 Å². The molecule has 0 atom stereocenters. The van der Waals surface area contributed by atoms with Gasteiger partial charge >= 0.3 is 6.09 Å². The number of anilines is 1. The number of benzene rings is 2. The van der Waals surface area contributed by atoms with Gasteiger partial charge in [-0.3, -0.25) is 10.1 Å². The van der Waals surface area contributed by atoms with Gasteiger partial charge in [0.05, 0.1) is 14.1 Å². The van der Waals surface area contributed by atoms with Crippen molar-refractivity contribution < 1.29 is 19.2 Å². The van der Waals surface area contributed by atoms with Crippen LogP contribution in [-0.2, 0) is 17.8 Å². The third-order valence-corrected chi connectivity index (χ3v) is 3.83. The first-order valence-electron chi connectivity index (χ1n) is 9.37. The van der Waals surface area contributed by atoms with Gasteiger partial charge in [0.25, 0.3) is 5.91 Å². The highest BCUT2D eigenvalue weighted by Gasteiger charge is 2.16. The Morgan fingerprint density at radius 3 is 2.04 bits per heavy atom. The highest BCUT2D eigenvalue weighted by molar-refractivity contribution is 5.95. The van der Waals surface area contributed by atoms with Crippen LogP contribution in [0.25, 0.3) is 0 Å². The van der Waals surface area contributed by atoms with Gasteiger partial charge in [-0.25, -0.2) is 4.79 Å². The van der Waals surface area contributed by atoms with E-state index in [4.69, 9.17) is 4.74 Å². The molecule has 6 nitrogen and oxygen atoms in total. The van der Waals surface area contributed by atoms with E-state index in [0.29, 0.717) is 17.8 Å². The van der Waals surface area contributed by atoms with Crippen LogP contribution in [0.5, 0.6) is 0 Å². The van der Waals surface area contributed by atoms with Gasteiger partial charge in [-0.2, -0.15) is 0 Å². The zero-order chi connectivity index (χ0) is 20.7. The lowest BCUT2D eigenvalue weighted by atomic mass is 10.1. The summed E-state index contributed by atoms with van der Waals surface area (Å²) in [7, 11) is 4.23. The van der Waals surface area contributed by atoms with E-state index >= 15 is 0 Å². The van der Waals surface area contributed by atoms with E-state index in [1.807, 2.05) is 12.1 Å². The maximum Gasteiger partial charge on any atom is 0.412 e. The van der Waals surface area contributed by atoms with Crippen LogP contribution in [0.4, 0.5) is 10.5 Å². The normalized spacial score (nSPS) is 11.2. The molecule has 0 spiro atoms. The van der Waals surface area contributed by atoms with E-state index in [2.05, 4.69) is 36.9 Å². The number of carbonyl (C=O) groups excluding carboxylic acids is 2. The summed E-state index contributed by atoms with van der Waals surface area (Å²) in [5, 5.41) is 5.56. The van der Waals surface area contributed by atoms with Crippen molar-refractivity contribution >= 4 is 17.7 Å². The SMILES string of the molecule is C[NH+](C)Cc1ccc(CNC(=O)c2ccc(NC(=O)OC(C)(C)C)cc2)cc1. The number of hydrogen-bond donors (Lipinski definition) is 3. The second-order valence-electron chi connectivity index (χ2n) is 8.09. The molecule has 0 radical (unpaired) electrons. The van der Waals surface area contributed by atoms with E-state index in [1.165, 1.54) is 10.5 Å². The second-order valence-corrected chi connectivity index (χ2v) is 8.09. The Morgan fingerprint density at radius 2 is 1.50 bits per heavy atom. The first-order valence-corrected chi connectivity index (χ1v) is 9.37. The van der Waals surface area contributed by atoms with Gasteiger partial charge in [0, 0.05) is 23.4 Å². The summed E-state index contributed by atoms with van der Waals surface area (Å²) < 4.78 is 5.21. The molecule has 3 N–H and O–H groups in total.